The molecule has 0 bridgehead atoms. The number of fused-ring (bicyclic) bond motifs is 3. The second kappa shape index (κ2) is 10.6. The van der Waals surface area contributed by atoms with Gasteiger partial charge in [-0.25, -0.2) is 0 Å². The second-order valence-corrected chi connectivity index (χ2v) is 8.64. The minimum atomic E-state index is 0. The second-order valence-electron chi connectivity index (χ2n) is 8.64. The number of benzene rings is 4. The summed E-state index contributed by atoms with van der Waals surface area (Å²) in [7, 11) is 0. The number of halogens is 2. The summed E-state index contributed by atoms with van der Waals surface area (Å²) in [6.45, 7) is 4.43. The van der Waals surface area contributed by atoms with Gasteiger partial charge in [0.05, 0.1) is 0 Å². The van der Waals surface area contributed by atoms with Crippen LogP contribution in [0.1, 0.15) is 37.0 Å². The first-order valence-electron chi connectivity index (χ1n) is 10.9. The first kappa shape index (κ1) is 26.4. The van der Waals surface area contributed by atoms with Crippen molar-refractivity contribution in [2.45, 2.75) is 20.3 Å². The zero-order valence-electron chi connectivity index (χ0n) is 19.1. The van der Waals surface area contributed by atoms with Gasteiger partial charge in [0.25, 0.3) is 0 Å². The van der Waals surface area contributed by atoms with E-state index in [1.165, 1.54) is 65.1 Å². The SMILES string of the molecule is CC(C)=c1ccc2c(c1C1=C(c3ccc4ccccc4c3)C=CC1)[C-]=c1ccccc1=2.[Cl-].[Cl-].[Zr+3]. The van der Waals surface area contributed by atoms with Crippen LogP contribution in [-0.2, 0) is 26.2 Å². The summed E-state index contributed by atoms with van der Waals surface area (Å²) in [6, 6.07) is 28.6. The van der Waals surface area contributed by atoms with Gasteiger partial charge in [0.1, 0.15) is 0 Å². The fourth-order valence-electron chi connectivity index (χ4n) is 5.02. The van der Waals surface area contributed by atoms with Crippen LogP contribution in [0.4, 0.5) is 0 Å². The Morgan fingerprint density at radius 1 is 0.765 bits per heavy atom. The van der Waals surface area contributed by atoms with Gasteiger partial charge in [-0.3, -0.25) is 0 Å². The molecule has 4 aromatic rings. The van der Waals surface area contributed by atoms with Crippen molar-refractivity contribution in [2.24, 2.45) is 0 Å². The van der Waals surface area contributed by atoms with Crippen molar-refractivity contribution in [1.82, 2.24) is 0 Å². The molecule has 165 valence electrons. The molecule has 0 aliphatic heterocycles. The molecule has 1 radical (unpaired) electrons. The quantitative estimate of drug-likeness (QED) is 0.273. The van der Waals surface area contributed by atoms with E-state index in [1.807, 2.05) is 0 Å². The Morgan fingerprint density at radius 3 is 2.29 bits per heavy atom. The van der Waals surface area contributed by atoms with Gasteiger partial charge in [-0.05, 0) is 48.2 Å². The van der Waals surface area contributed by atoms with Crippen LogP contribution < -0.4 is 35.3 Å². The molecule has 2 aliphatic rings. The summed E-state index contributed by atoms with van der Waals surface area (Å²) in [4.78, 5) is 0. The Morgan fingerprint density at radius 2 is 1.50 bits per heavy atom. The molecule has 0 saturated carbocycles. The number of hydrogen-bond acceptors (Lipinski definition) is 0. The van der Waals surface area contributed by atoms with E-state index in [2.05, 4.69) is 111 Å². The Hall–Kier alpha value is -2.18. The number of allylic oxidation sites excluding steroid dienone is 4. The van der Waals surface area contributed by atoms with Gasteiger partial charge in [-0.2, -0.15) is 0 Å². The zero-order valence-corrected chi connectivity index (χ0v) is 23.1. The van der Waals surface area contributed by atoms with Gasteiger partial charge in [0, 0.05) is 0 Å². The largest absolute Gasteiger partial charge is 3.00 e. The zero-order chi connectivity index (χ0) is 20.9. The first-order valence-corrected chi connectivity index (χ1v) is 10.9. The van der Waals surface area contributed by atoms with Crippen molar-refractivity contribution in [3.63, 3.8) is 0 Å². The first-order chi connectivity index (χ1) is 15.2. The van der Waals surface area contributed by atoms with Crippen LogP contribution in [0.3, 0.4) is 0 Å². The molecular formula is C31H23Cl2Zr. The predicted octanol–water partition coefficient (Wildman–Crippen LogP) is 0.213. The Bertz CT molecular complexity index is 1670. The predicted molar refractivity (Wildman–Crippen MR) is 132 cm³/mol. The maximum absolute atomic E-state index is 3.75. The summed E-state index contributed by atoms with van der Waals surface area (Å²) in [5.41, 5.74) is 7.96. The third-order valence-electron chi connectivity index (χ3n) is 6.51. The summed E-state index contributed by atoms with van der Waals surface area (Å²) in [5.74, 6) is 0. The van der Waals surface area contributed by atoms with Crippen LogP contribution in [0, 0.1) is 10.4 Å². The minimum Gasteiger partial charge on any atom is -1.00 e. The maximum atomic E-state index is 3.75. The van der Waals surface area contributed by atoms with E-state index in [0.717, 1.165) is 6.42 Å². The average molecular weight is 558 g/mol. The molecule has 6 rings (SSSR count). The number of hydrogen-bond donors (Lipinski definition) is 0. The van der Waals surface area contributed by atoms with Crippen molar-refractivity contribution in [1.29, 1.82) is 0 Å². The van der Waals surface area contributed by atoms with Crippen molar-refractivity contribution < 1.29 is 51.0 Å². The van der Waals surface area contributed by atoms with Crippen molar-refractivity contribution in [3.05, 3.63) is 129 Å². The van der Waals surface area contributed by atoms with E-state index < -0.39 is 0 Å². The van der Waals surface area contributed by atoms with E-state index in [1.54, 1.807) is 0 Å². The van der Waals surface area contributed by atoms with E-state index in [-0.39, 0.29) is 51.0 Å². The molecule has 0 atom stereocenters. The average Bonchev–Trinajstić information content (AvgIpc) is 3.43. The summed E-state index contributed by atoms with van der Waals surface area (Å²) in [6.07, 6.45) is 9.30. The van der Waals surface area contributed by atoms with E-state index in [9.17, 15) is 0 Å². The van der Waals surface area contributed by atoms with Gasteiger partial charge in [0.2, 0.25) is 0 Å². The third-order valence-corrected chi connectivity index (χ3v) is 6.51. The fraction of sp³-hybridized carbons (Fsp3) is 0.0968. The molecule has 0 saturated heterocycles. The molecule has 0 aromatic heterocycles. The molecule has 34 heavy (non-hydrogen) atoms. The van der Waals surface area contributed by atoms with Crippen LogP contribution in [0.25, 0.3) is 33.6 Å². The van der Waals surface area contributed by atoms with Gasteiger partial charge < -0.3 is 24.8 Å². The molecule has 0 nitrogen and oxygen atoms in total. The van der Waals surface area contributed by atoms with E-state index >= 15 is 0 Å². The molecule has 4 aromatic carbocycles. The van der Waals surface area contributed by atoms with Crippen molar-refractivity contribution in [3.8, 4) is 0 Å². The molecule has 0 N–H and O–H groups in total. The van der Waals surface area contributed by atoms with Crippen LogP contribution in [0.15, 0.2) is 91.0 Å². The minimum absolute atomic E-state index is 0. The normalized spacial score (nSPS) is 12.8. The van der Waals surface area contributed by atoms with Crippen molar-refractivity contribution >= 4 is 33.6 Å². The monoisotopic (exact) mass is 555 g/mol. The van der Waals surface area contributed by atoms with E-state index in [4.69, 9.17) is 0 Å². The Balaban J connectivity index is 0.00000108. The number of rotatable bonds is 2. The van der Waals surface area contributed by atoms with Crippen LogP contribution in [0.5, 0.6) is 0 Å². The molecule has 0 spiro atoms. The summed E-state index contributed by atoms with van der Waals surface area (Å²) in [5, 5.41) is 7.69. The van der Waals surface area contributed by atoms with Crippen LogP contribution >= 0.6 is 0 Å². The molecule has 2 aliphatic carbocycles. The fourth-order valence-corrected chi connectivity index (χ4v) is 5.02. The molecule has 3 heteroatoms. The molecule has 0 fully saturated rings. The standard InChI is InChI=1S/C31H23.2ClH.Zr/c1-20(2)25-16-17-28-26-11-6-5-10-23(26)19-30(28)31(25)29-13-7-12-27(29)24-15-14-21-8-3-4-9-22(21)18-24;;;/h3-12,14-18H,13H2,1-2H3;2*1H;/q-1;;;+3/p-2. The molecule has 0 unspecified atom stereocenters. The van der Waals surface area contributed by atoms with Gasteiger partial charge in [0.15, 0.2) is 0 Å². The molecule has 0 amide bonds. The van der Waals surface area contributed by atoms with Gasteiger partial charge >= 0.3 is 26.2 Å². The Kier molecular flexibility index (Phi) is 8.25. The Labute approximate surface area is 232 Å². The smallest absolute Gasteiger partial charge is 1.00 e. The molecular weight excluding hydrogens is 534 g/mol. The van der Waals surface area contributed by atoms with Crippen LogP contribution in [0.2, 0.25) is 0 Å². The van der Waals surface area contributed by atoms with Crippen molar-refractivity contribution in [2.75, 3.05) is 0 Å². The third kappa shape index (κ3) is 4.31. The molecule has 0 heterocycles. The topological polar surface area (TPSA) is 0 Å². The van der Waals surface area contributed by atoms with E-state index in [0.29, 0.717) is 0 Å². The van der Waals surface area contributed by atoms with Gasteiger partial charge in [-0.1, -0.05) is 101 Å². The maximum Gasteiger partial charge on any atom is 3.00 e. The van der Waals surface area contributed by atoms with Gasteiger partial charge in [-0.15, -0.1) is 33.4 Å². The van der Waals surface area contributed by atoms with Crippen LogP contribution in [-0.4, -0.2) is 0 Å². The summed E-state index contributed by atoms with van der Waals surface area (Å²) < 4.78 is 0. The summed E-state index contributed by atoms with van der Waals surface area (Å²) >= 11 is 0.